The van der Waals surface area contributed by atoms with E-state index in [9.17, 15) is 5.11 Å². The highest BCUT2D eigenvalue weighted by molar-refractivity contribution is 5.92. The second-order valence-electron chi connectivity index (χ2n) is 7.97. The Balaban J connectivity index is 1.60. The van der Waals surface area contributed by atoms with Crippen molar-refractivity contribution in [3.63, 3.8) is 0 Å². The van der Waals surface area contributed by atoms with Crippen LogP contribution in [0.15, 0.2) is 42.5 Å². The van der Waals surface area contributed by atoms with E-state index in [0.717, 1.165) is 47.5 Å². The summed E-state index contributed by atoms with van der Waals surface area (Å²) in [6.45, 7) is 1.23. The van der Waals surface area contributed by atoms with E-state index < -0.39 is 5.60 Å². The molecule has 2 heterocycles. The number of rotatable bonds is 5. The van der Waals surface area contributed by atoms with Crippen LogP contribution in [-0.4, -0.2) is 42.4 Å². The summed E-state index contributed by atoms with van der Waals surface area (Å²) in [6, 6.07) is 13.8. The molecule has 6 heteroatoms. The minimum atomic E-state index is -0.880. The van der Waals surface area contributed by atoms with Crippen LogP contribution in [-0.2, 0) is 5.60 Å². The number of hydrogen-bond donors (Lipinski definition) is 1. The van der Waals surface area contributed by atoms with E-state index >= 15 is 0 Å². The van der Waals surface area contributed by atoms with Gasteiger partial charge in [-0.1, -0.05) is 30.3 Å². The summed E-state index contributed by atoms with van der Waals surface area (Å²) in [5.41, 5.74) is 0.918. The van der Waals surface area contributed by atoms with E-state index in [1.807, 2.05) is 42.5 Å². The Kier molecular flexibility index (Phi) is 4.32. The van der Waals surface area contributed by atoms with E-state index in [4.69, 9.17) is 19.4 Å². The summed E-state index contributed by atoms with van der Waals surface area (Å²) in [5.74, 6) is 3.50. The number of aliphatic hydroxyl groups is 1. The van der Waals surface area contributed by atoms with E-state index in [-0.39, 0.29) is 0 Å². The third kappa shape index (κ3) is 3.17. The van der Waals surface area contributed by atoms with Crippen molar-refractivity contribution in [2.24, 2.45) is 0 Å². The van der Waals surface area contributed by atoms with Gasteiger partial charge in [-0.2, -0.15) is 0 Å². The number of aromatic nitrogens is 2. The lowest BCUT2D eigenvalue weighted by molar-refractivity contribution is 0.0606. The Hall–Kier alpha value is -2.86. The van der Waals surface area contributed by atoms with Gasteiger partial charge in [0.1, 0.15) is 17.2 Å². The number of hydrogen-bond acceptors (Lipinski definition) is 6. The average molecular weight is 391 g/mol. The molecule has 0 bridgehead atoms. The third-order valence-corrected chi connectivity index (χ3v) is 6.00. The van der Waals surface area contributed by atoms with Crippen LogP contribution in [0.25, 0.3) is 10.9 Å². The second kappa shape index (κ2) is 6.88. The van der Waals surface area contributed by atoms with E-state index in [1.165, 1.54) is 0 Å². The quantitative estimate of drug-likeness (QED) is 0.717. The Bertz CT molecular complexity index is 1050. The van der Waals surface area contributed by atoms with Gasteiger partial charge in [-0.15, -0.1) is 0 Å². The van der Waals surface area contributed by atoms with Crippen molar-refractivity contribution in [1.29, 1.82) is 0 Å². The van der Waals surface area contributed by atoms with Crippen molar-refractivity contribution in [2.45, 2.75) is 30.8 Å². The van der Waals surface area contributed by atoms with Crippen LogP contribution in [0.2, 0.25) is 0 Å². The molecule has 2 fully saturated rings. The molecule has 1 saturated heterocycles. The molecule has 0 spiro atoms. The fourth-order valence-electron chi connectivity index (χ4n) is 4.18. The number of anilines is 1. The zero-order valence-corrected chi connectivity index (χ0v) is 16.8. The maximum atomic E-state index is 11.3. The minimum absolute atomic E-state index is 0.432. The lowest BCUT2D eigenvalue weighted by Gasteiger charge is -2.25. The largest absolute Gasteiger partial charge is 0.493 e. The van der Waals surface area contributed by atoms with Crippen LogP contribution in [0.5, 0.6) is 11.5 Å². The average Bonchev–Trinajstić information content (AvgIpc) is 3.54. The van der Waals surface area contributed by atoms with E-state index in [0.29, 0.717) is 30.4 Å². The number of β-amino-alcohol motifs (C(OH)–C–C–N with tert-alkyl or cyclic N) is 1. The van der Waals surface area contributed by atoms with Crippen molar-refractivity contribution in [3.8, 4) is 11.5 Å². The first-order chi connectivity index (χ1) is 14.1. The van der Waals surface area contributed by atoms with Gasteiger partial charge < -0.3 is 19.5 Å². The number of benzene rings is 2. The summed E-state index contributed by atoms with van der Waals surface area (Å²) in [6.07, 6.45) is 2.92. The van der Waals surface area contributed by atoms with Gasteiger partial charge in [0.25, 0.3) is 0 Å². The van der Waals surface area contributed by atoms with Crippen LogP contribution >= 0.6 is 0 Å². The predicted molar refractivity (Wildman–Crippen MR) is 112 cm³/mol. The number of ether oxygens (including phenoxy) is 2. The molecule has 0 radical (unpaired) electrons. The molecule has 3 aromatic rings. The fourth-order valence-corrected chi connectivity index (χ4v) is 4.18. The lowest BCUT2D eigenvalue weighted by atomic mass is 9.93. The fraction of sp³-hybridized carbons (Fsp3) is 0.391. The van der Waals surface area contributed by atoms with Gasteiger partial charge in [-0.3, -0.25) is 0 Å². The lowest BCUT2D eigenvalue weighted by Crippen LogP contribution is -2.31. The van der Waals surface area contributed by atoms with E-state index in [2.05, 4.69) is 4.90 Å². The molecule has 1 N–H and O–H groups in total. The highest BCUT2D eigenvalue weighted by Gasteiger charge is 2.39. The van der Waals surface area contributed by atoms with Crippen LogP contribution in [0, 0.1) is 0 Å². The molecule has 1 saturated carbocycles. The van der Waals surface area contributed by atoms with Gasteiger partial charge in [0.05, 0.1) is 26.3 Å². The Morgan fingerprint density at radius 3 is 2.45 bits per heavy atom. The highest BCUT2D eigenvalue weighted by Crippen LogP contribution is 2.43. The topological polar surface area (TPSA) is 67.7 Å². The van der Waals surface area contributed by atoms with Crippen molar-refractivity contribution in [1.82, 2.24) is 9.97 Å². The van der Waals surface area contributed by atoms with Gasteiger partial charge >= 0.3 is 0 Å². The standard InChI is InChI=1S/C23H25N3O3/c1-28-19-12-17-18(13-20(19)29-2)24-21(15-8-9-15)25-22(17)26-11-10-23(27,14-26)16-6-4-3-5-7-16/h3-7,12-13,15,27H,8-11,14H2,1-2H3. The first-order valence-electron chi connectivity index (χ1n) is 10.1. The number of methoxy groups -OCH3 is 2. The molecule has 1 atom stereocenters. The number of nitrogens with zero attached hydrogens (tertiary/aromatic N) is 3. The molecule has 1 aromatic heterocycles. The maximum Gasteiger partial charge on any atom is 0.162 e. The summed E-state index contributed by atoms with van der Waals surface area (Å²) >= 11 is 0. The Morgan fingerprint density at radius 2 is 1.76 bits per heavy atom. The monoisotopic (exact) mass is 391 g/mol. The van der Waals surface area contributed by atoms with Gasteiger partial charge in [0, 0.05) is 23.9 Å². The summed E-state index contributed by atoms with van der Waals surface area (Å²) in [5, 5.41) is 12.2. The Morgan fingerprint density at radius 1 is 1.03 bits per heavy atom. The highest BCUT2D eigenvalue weighted by atomic mass is 16.5. The van der Waals surface area contributed by atoms with Gasteiger partial charge in [-0.05, 0) is 30.9 Å². The van der Waals surface area contributed by atoms with Crippen molar-refractivity contribution in [2.75, 3.05) is 32.2 Å². The first kappa shape index (κ1) is 18.2. The molecular formula is C23H25N3O3. The molecule has 6 nitrogen and oxygen atoms in total. The van der Waals surface area contributed by atoms with Gasteiger partial charge in [-0.25, -0.2) is 9.97 Å². The third-order valence-electron chi connectivity index (χ3n) is 6.00. The molecule has 1 aliphatic heterocycles. The molecule has 1 unspecified atom stereocenters. The molecule has 2 aromatic carbocycles. The van der Waals surface area contributed by atoms with Crippen molar-refractivity contribution in [3.05, 3.63) is 53.9 Å². The normalized spacial score (nSPS) is 21.6. The van der Waals surface area contributed by atoms with Gasteiger partial charge in [0.15, 0.2) is 11.5 Å². The van der Waals surface area contributed by atoms with Gasteiger partial charge in [0.2, 0.25) is 0 Å². The molecule has 29 heavy (non-hydrogen) atoms. The zero-order chi connectivity index (χ0) is 20.0. The molecule has 0 amide bonds. The molecule has 5 rings (SSSR count). The zero-order valence-electron chi connectivity index (χ0n) is 16.8. The van der Waals surface area contributed by atoms with E-state index in [1.54, 1.807) is 14.2 Å². The predicted octanol–water partition coefficient (Wildman–Crippen LogP) is 3.62. The van der Waals surface area contributed by atoms with Crippen molar-refractivity contribution < 1.29 is 14.6 Å². The number of fused-ring (bicyclic) bond motifs is 1. The minimum Gasteiger partial charge on any atom is -0.493 e. The molecular weight excluding hydrogens is 366 g/mol. The van der Waals surface area contributed by atoms with Crippen LogP contribution in [0.3, 0.4) is 0 Å². The summed E-state index contributed by atoms with van der Waals surface area (Å²) in [7, 11) is 3.26. The van der Waals surface area contributed by atoms with Crippen LogP contribution in [0.4, 0.5) is 5.82 Å². The smallest absolute Gasteiger partial charge is 0.162 e. The summed E-state index contributed by atoms with van der Waals surface area (Å²) in [4.78, 5) is 11.9. The SMILES string of the molecule is COc1cc2nc(C3CC3)nc(N3CCC(O)(c4ccccc4)C3)c2cc1OC. The van der Waals surface area contributed by atoms with Crippen LogP contribution in [0.1, 0.15) is 36.6 Å². The maximum absolute atomic E-state index is 11.3. The Labute approximate surface area is 170 Å². The second-order valence-corrected chi connectivity index (χ2v) is 7.97. The molecule has 1 aliphatic carbocycles. The van der Waals surface area contributed by atoms with Crippen molar-refractivity contribution >= 4 is 16.7 Å². The molecule has 150 valence electrons. The van der Waals surface area contributed by atoms with Crippen LogP contribution < -0.4 is 14.4 Å². The molecule has 2 aliphatic rings. The summed E-state index contributed by atoms with van der Waals surface area (Å²) < 4.78 is 11.0. The first-order valence-corrected chi connectivity index (χ1v) is 10.1.